The maximum atomic E-state index is 12.3. The number of rotatable bonds is 8. The van der Waals surface area contributed by atoms with E-state index in [0.29, 0.717) is 13.1 Å². The number of hydrogen-bond donors (Lipinski definition) is 2. The standard InChI is InChI=1S/C19H26N2O3S/c1-14-4-8-19(9-5-14)25(22,23)24-16(3)13-21-18-7-6-17(10-11-20)15(2)12-18/h4-9,12,16,21H,10-11,13,20H2,1-3H3. The van der Waals surface area contributed by atoms with E-state index in [1.165, 1.54) is 5.56 Å². The molecule has 0 heterocycles. The molecule has 3 N–H and O–H groups in total. The van der Waals surface area contributed by atoms with Gasteiger partial charge in [-0.2, -0.15) is 8.42 Å². The topological polar surface area (TPSA) is 81.4 Å². The molecule has 6 heteroatoms. The van der Waals surface area contributed by atoms with Crippen LogP contribution in [0, 0.1) is 13.8 Å². The highest BCUT2D eigenvalue weighted by atomic mass is 32.2. The molecule has 0 aliphatic rings. The second-order valence-corrected chi connectivity index (χ2v) is 7.81. The van der Waals surface area contributed by atoms with E-state index in [1.807, 2.05) is 32.0 Å². The summed E-state index contributed by atoms with van der Waals surface area (Å²) < 4.78 is 29.8. The molecule has 0 aliphatic carbocycles. The third-order valence-corrected chi connectivity index (χ3v) is 5.38. The number of aryl methyl sites for hydroxylation is 2. The molecule has 0 saturated heterocycles. The molecule has 1 unspecified atom stereocenters. The first-order valence-electron chi connectivity index (χ1n) is 8.35. The van der Waals surface area contributed by atoms with Crippen LogP contribution in [0.3, 0.4) is 0 Å². The largest absolute Gasteiger partial charge is 0.382 e. The first-order valence-corrected chi connectivity index (χ1v) is 9.76. The highest BCUT2D eigenvalue weighted by Crippen LogP contribution is 2.17. The normalized spacial score (nSPS) is 12.8. The summed E-state index contributed by atoms with van der Waals surface area (Å²) in [6, 6.07) is 12.7. The van der Waals surface area contributed by atoms with Gasteiger partial charge in [-0.1, -0.05) is 23.8 Å². The van der Waals surface area contributed by atoms with E-state index in [0.717, 1.165) is 23.2 Å². The molecule has 2 rings (SSSR count). The third-order valence-electron chi connectivity index (χ3n) is 3.95. The van der Waals surface area contributed by atoms with Crippen molar-refractivity contribution in [2.24, 2.45) is 5.73 Å². The Labute approximate surface area is 150 Å². The molecular weight excluding hydrogens is 336 g/mol. The van der Waals surface area contributed by atoms with Crippen molar-refractivity contribution >= 4 is 15.8 Å². The van der Waals surface area contributed by atoms with Crippen molar-refractivity contribution in [2.75, 3.05) is 18.4 Å². The fraction of sp³-hybridized carbons (Fsp3) is 0.368. The Morgan fingerprint density at radius 1 is 1.12 bits per heavy atom. The Morgan fingerprint density at radius 3 is 2.40 bits per heavy atom. The summed E-state index contributed by atoms with van der Waals surface area (Å²) in [5.41, 5.74) is 9.91. The maximum Gasteiger partial charge on any atom is 0.297 e. The van der Waals surface area contributed by atoms with E-state index in [4.69, 9.17) is 9.92 Å². The lowest BCUT2D eigenvalue weighted by molar-refractivity contribution is 0.241. The van der Waals surface area contributed by atoms with Crippen LogP contribution in [-0.2, 0) is 20.7 Å². The maximum absolute atomic E-state index is 12.3. The van der Waals surface area contributed by atoms with Crippen molar-refractivity contribution in [1.29, 1.82) is 0 Å². The molecule has 25 heavy (non-hydrogen) atoms. The fourth-order valence-electron chi connectivity index (χ4n) is 2.51. The van der Waals surface area contributed by atoms with Gasteiger partial charge in [-0.3, -0.25) is 4.18 Å². The van der Waals surface area contributed by atoms with Gasteiger partial charge in [0.1, 0.15) is 0 Å². The Balaban J connectivity index is 1.95. The van der Waals surface area contributed by atoms with Gasteiger partial charge in [0.2, 0.25) is 0 Å². The Kier molecular flexibility index (Phi) is 6.58. The first-order chi connectivity index (χ1) is 11.8. The van der Waals surface area contributed by atoms with Crippen molar-refractivity contribution in [2.45, 2.75) is 38.2 Å². The molecule has 0 saturated carbocycles. The molecule has 2 aromatic carbocycles. The van der Waals surface area contributed by atoms with Gasteiger partial charge >= 0.3 is 0 Å². The summed E-state index contributed by atoms with van der Waals surface area (Å²) in [5.74, 6) is 0. The van der Waals surface area contributed by atoms with E-state index in [1.54, 1.807) is 31.2 Å². The Morgan fingerprint density at radius 2 is 1.80 bits per heavy atom. The summed E-state index contributed by atoms with van der Waals surface area (Å²) in [6.07, 6.45) is 0.357. The predicted molar refractivity (Wildman–Crippen MR) is 101 cm³/mol. The molecule has 0 radical (unpaired) electrons. The molecule has 5 nitrogen and oxygen atoms in total. The molecule has 0 aliphatic heterocycles. The van der Waals surface area contributed by atoms with Crippen LogP contribution in [0.25, 0.3) is 0 Å². The second-order valence-electron chi connectivity index (χ2n) is 6.23. The monoisotopic (exact) mass is 362 g/mol. The van der Waals surface area contributed by atoms with Gasteiger partial charge in [-0.15, -0.1) is 0 Å². The van der Waals surface area contributed by atoms with Gasteiger partial charge in [0.25, 0.3) is 10.1 Å². The summed E-state index contributed by atoms with van der Waals surface area (Å²) >= 11 is 0. The van der Waals surface area contributed by atoms with Gasteiger partial charge in [-0.05, 0) is 69.1 Å². The van der Waals surface area contributed by atoms with Crippen molar-refractivity contribution in [3.63, 3.8) is 0 Å². The summed E-state index contributed by atoms with van der Waals surface area (Å²) in [6.45, 7) is 6.69. The lowest BCUT2D eigenvalue weighted by atomic mass is 10.1. The number of anilines is 1. The fourth-order valence-corrected chi connectivity index (χ4v) is 3.60. The van der Waals surface area contributed by atoms with Crippen LogP contribution in [0.2, 0.25) is 0 Å². The summed E-state index contributed by atoms with van der Waals surface area (Å²) in [4.78, 5) is 0.173. The zero-order valence-electron chi connectivity index (χ0n) is 15.0. The number of benzene rings is 2. The second kappa shape index (κ2) is 8.47. The highest BCUT2D eigenvalue weighted by Gasteiger charge is 2.18. The van der Waals surface area contributed by atoms with Gasteiger partial charge < -0.3 is 11.1 Å². The van der Waals surface area contributed by atoms with Gasteiger partial charge in [-0.25, -0.2) is 0 Å². The lowest BCUT2D eigenvalue weighted by Gasteiger charge is -2.16. The average molecular weight is 362 g/mol. The molecule has 0 bridgehead atoms. The molecule has 136 valence electrons. The van der Waals surface area contributed by atoms with E-state index < -0.39 is 16.2 Å². The number of nitrogens with two attached hydrogens (primary N) is 1. The molecule has 2 aromatic rings. The quantitative estimate of drug-likeness (QED) is 0.706. The lowest BCUT2D eigenvalue weighted by Crippen LogP contribution is -2.23. The van der Waals surface area contributed by atoms with Crippen LogP contribution in [0.4, 0.5) is 5.69 Å². The zero-order chi connectivity index (χ0) is 18.4. The molecule has 0 fully saturated rings. The van der Waals surface area contributed by atoms with Crippen LogP contribution in [0.1, 0.15) is 23.6 Å². The highest BCUT2D eigenvalue weighted by molar-refractivity contribution is 7.86. The summed E-state index contributed by atoms with van der Waals surface area (Å²) in [5, 5.41) is 3.22. The molecular formula is C19H26N2O3S. The SMILES string of the molecule is Cc1ccc(S(=O)(=O)OC(C)CNc2ccc(CCN)c(C)c2)cc1. The molecule has 0 spiro atoms. The number of hydrogen-bond acceptors (Lipinski definition) is 5. The van der Waals surface area contributed by atoms with Gasteiger partial charge in [0.15, 0.2) is 0 Å². The Bertz CT molecular complexity index is 802. The van der Waals surface area contributed by atoms with Crippen LogP contribution in [0.15, 0.2) is 47.4 Å². The minimum Gasteiger partial charge on any atom is -0.382 e. The minimum atomic E-state index is -3.76. The Hall–Kier alpha value is -1.89. The minimum absolute atomic E-state index is 0.173. The predicted octanol–water partition coefficient (Wildman–Crippen LogP) is 3.01. The van der Waals surface area contributed by atoms with Gasteiger partial charge in [0, 0.05) is 12.2 Å². The van der Waals surface area contributed by atoms with Crippen LogP contribution >= 0.6 is 0 Å². The smallest absolute Gasteiger partial charge is 0.297 e. The first kappa shape index (κ1) is 19.4. The van der Waals surface area contributed by atoms with Crippen LogP contribution in [0.5, 0.6) is 0 Å². The van der Waals surface area contributed by atoms with Crippen molar-refractivity contribution in [1.82, 2.24) is 0 Å². The molecule has 0 amide bonds. The van der Waals surface area contributed by atoms with E-state index in [-0.39, 0.29) is 4.90 Å². The van der Waals surface area contributed by atoms with E-state index in [2.05, 4.69) is 5.32 Å². The zero-order valence-corrected chi connectivity index (χ0v) is 15.8. The number of nitrogens with one attached hydrogen (secondary N) is 1. The van der Waals surface area contributed by atoms with E-state index >= 15 is 0 Å². The van der Waals surface area contributed by atoms with E-state index in [9.17, 15) is 8.42 Å². The van der Waals surface area contributed by atoms with Crippen molar-refractivity contribution < 1.29 is 12.6 Å². The van der Waals surface area contributed by atoms with Crippen molar-refractivity contribution in [3.05, 3.63) is 59.2 Å². The molecule has 1 atom stereocenters. The van der Waals surface area contributed by atoms with Crippen LogP contribution < -0.4 is 11.1 Å². The van der Waals surface area contributed by atoms with Crippen LogP contribution in [-0.4, -0.2) is 27.6 Å². The third kappa shape index (κ3) is 5.56. The average Bonchev–Trinajstić information content (AvgIpc) is 2.55. The summed E-state index contributed by atoms with van der Waals surface area (Å²) in [7, 11) is -3.76. The molecule has 0 aromatic heterocycles. The van der Waals surface area contributed by atoms with Crippen molar-refractivity contribution in [3.8, 4) is 0 Å². The van der Waals surface area contributed by atoms with Gasteiger partial charge in [0.05, 0.1) is 11.0 Å².